The molecular weight excluding hydrogens is 214 g/mol. The highest BCUT2D eigenvalue weighted by Crippen LogP contribution is 2.19. The van der Waals surface area contributed by atoms with Gasteiger partial charge in [-0.15, -0.1) is 5.10 Å². The zero-order valence-corrected chi connectivity index (χ0v) is 9.93. The molecular formula is C13H17N3O. The minimum absolute atomic E-state index is 0.333. The molecule has 0 amide bonds. The molecule has 17 heavy (non-hydrogen) atoms. The van der Waals surface area contributed by atoms with E-state index in [-0.39, 0.29) is 6.10 Å². The smallest absolute Gasteiger partial charge is 0.156 e. The van der Waals surface area contributed by atoms with Gasteiger partial charge in [0.05, 0.1) is 12.3 Å². The number of rotatable bonds is 5. The van der Waals surface area contributed by atoms with E-state index in [9.17, 15) is 5.11 Å². The number of fused-ring (bicyclic) bond motifs is 1. The second kappa shape index (κ2) is 5.59. The van der Waals surface area contributed by atoms with Crippen LogP contribution in [0.4, 0.5) is 5.82 Å². The predicted octanol–water partition coefficient (Wildman–Crippen LogP) is 2.20. The lowest BCUT2D eigenvalue weighted by Gasteiger charge is -2.12. The largest absolute Gasteiger partial charge is 0.391 e. The van der Waals surface area contributed by atoms with E-state index < -0.39 is 0 Å². The van der Waals surface area contributed by atoms with Crippen LogP contribution in [0.3, 0.4) is 0 Å². The molecule has 0 fully saturated rings. The molecule has 1 unspecified atom stereocenters. The predicted molar refractivity (Wildman–Crippen MR) is 68.9 cm³/mol. The molecule has 4 heteroatoms. The highest BCUT2D eigenvalue weighted by molar-refractivity contribution is 5.90. The summed E-state index contributed by atoms with van der Waals surface area (Å²) in [4.78, 5) is 0. The van der Waals surface area contributed by atoms with E-state index in [0.29, 0.717) is 6.54 Å². The standard InChI is InChI=1S/C13H17N3O/c1-2-5-11(17)9-14-13-12-7-4-3-6-10(12)8-15-16-13/h3-4,6-8,11,17H,2,5,9H2,1H3,(H,14,16). The Morgan fingerprint density at radius 3 is 3.00 bits per heavy atom. The van der Waals surface area contributed by atoms with Gasteiger partial charge in [-0.25, -0.2) is 0 Å². The van der Waals surface area contributed by atoms with Gasteiger partial charge in [0.1, 0.15) is 0 Å². The Hall–Kier alpha value is -1.68. The fourth-order valence-corrected chi connectivity index (χ4v) is 1.81. The lowest BCUT2D eigenvalue weighted by molar-refractivity contribution is 0.176. The highest BCUT2D eigenvalue weighted by Gasteiger charge is 2.05. The van der Waals surface area contributed by atoms with Gasteiger partial charge in [0.2, 0.25) is 0 Å². The number of nitrogens with zero attached hydrogens (tertiary/aromatic N) is 2. The van der Waals surface area contributed by atoms with Gasteiger partial charge in [0.15, 0.2) is 5.82 Å². The Kier molecular flexibility index (Phi) is 3.88. The van der Waals surface area contributed by atoms with Crippen LogP contribution in [0, 0.1) is 0 Å². The van der Waals surface area contributed by atoms with Crippen molar-refractivity contribution in [3.8, 4) is 0 Å². The summed E-state index contributed by atoms with van der Waals surface area (Å²) >= 11 is 0. The SMILES string of the molecule is CCCC(O)CNc1nncc2ccccc12. The molecule has 1 atom stereocenters. The monoisotopic (exact) mass is 231 g/mol. The highest BCUT2D eigenvalue weighted by atomic mass is 16.3. The number of aliphatic hydroxyl groups excluding tert-OH is 1. The van der Waals surface area contributed by atoms with E-state index in [4.69, 9.17) is 0 Å². The number of aliphatic hydroxyl groups is 1. The average Bonchev–Trinajstić information content (AvgIpc) is 2.36. The van der Waals surface area contributed by atoms with Gasteiger partial charge in [0, 0.05) is 17.3 Å². The first-order chi connectivity index (χ1) is 8.31. The Balaban J connectivity index is 2.13. The normalized spacial score (nSPS) is 12.6. The fraction of sp³-hybridized carbons (Fsp3) is 0.385. The van der Waals surface area contributed by atoms with Crippen molar-refractivity contribution in [2.45, 2.75) is 25.9 Å². The third kappa shape index (κ3) is 2.91. The number of hydrogen-bond acceptors (Lipinski definition) is 4. The van der Waals surface area contributed by atoms with Gasteiger partial charge in [0.25, 0.3) is 0 Å². The maximum Gasteiger partial charge on any atom is 0.156 e. The number of aromatic nitrogens is 2. The lowest BCUT2D eigenvalue weighted by atomic mass is 10.2. The van der Waals surface area contributed by atoms with Crippen LogP contribution in [0.1, 0.15) is 19.8 Å². The van der Waals surface area contributed by atoms with Crippen LogP contribution in [-0.2, 0) is 0 Å². The zero-order valence-electron chi connectivity index (χ0n) is 9.93. The molecule has 0 radical (unpaired) electrons. The van der Waals surface area contributed by atoms with Crippen molar-refractivity contribution in [3.63, 3.8) is 0 Å². The van der Waals surface area contributed by atoms with Crippen molar-refractivity contribution in [3.05, 3.63) is 30.5 Å². The van der Waals surface area contributed by atoms with E-state index in [1.807, 2.05) is 24.3 Å². The van der Waals surface area contributed by atoms with Gasteiger partial charge < -0.3 is 10.4 Å². The maximum atomic E-state index is 9.67. The third-order valence-electron chi connectivity index (χ3n) is 2.70. The molecule has 4 nitrogen and oxygen atoms in total. The van der Waals surface area contributed by atoms with Crippen LogP contribution in [0.15, 0.2) is 30.5 Å². The van der Waals surface area contributed by atoms with Crippen molar-refractivity contribution < 1.29 is 5.11 Å². The number of benzene rings is 1. The van der Waals surface area contributed by atoms with Crippen LogP contribution in [-0.4, -0.2) is 28.0 Å². The molecule has 90 valence electrons. The molecule has 1 aromatic heterocycles. The molecule has 0 saturated heterocycles. The van der Waals surface area contributed by atoms with Crippen LogP contribution < -0.4 is 5.32 Å². The topological polar surface area (TPSA) is 58.0 Å². The van der Waals surface area contributed by atoms with Gasteiger partial charge in [-0.05, 0) is 6.42 Å². The second-order valence-corrected chi connectivity index (χ2v) is 4.10. The van der Waals surface area contributed by atoms with Crippen molar-refractivity contribution in [2.75, 3.05) is 11.9 Å². The zero-order chi connectivity index (χ0) is 12.1. The molecule has 0 aliphatic rings. The Morgan fingerprint density at radius 2 is 2.18 bits per heavy atom. The van der Waals surface area contributed by atoms with E-state index in [2.05, 4.69) is 22.4 Å². The van der Waals surface area contributed by atoms with E-state index in [1.54, 1.807) is 6.20 Å². The van der Waals surface area contributed by atoms with E-state index >= 15 is 0 Å². The Morgan fingerprint density at radius 1 is 1.35 bits per heavy atom. The Labute approximate surface area is 101 Å². The van der Waals surface area contributed by atoms with Crippen molar-refractivity contribution >= 4 is 16.6 Å². The summed E-state index contributed by atoms with van der Waals surface area (Å²) in [7, 11) is 0. The minimum Gasteiger partial charge on any atom is -0.391 e. The molecule has 0 saturated carbocycles. The summed E-state index contributed by atoms with van der Waals surface area (Å²) in [5.74, 6) is 0.734. The molecule has 2 aromatic rings. The average molecular weight is 231 g/mol. The molecule has 1 heterocycles. The summed E-state index contributed by atoms with van der Waals surface area (Å²) in [6.45, 7) is 2.57. The van der Waals surface area contributed by atoms with Crippen molar-refractivity contribution in [2.24, 2.45) is 0 Å². The summed E-state index contributed by atoms with van der Waals surface area (Å²) in [5.41, 5.74) is 0. The fourth-order valence-electron chi connectivity index (χ4n) is 1.81. The van der Waals surface area contributed by atoms with Gasteiger partial charge in [-0.2, -0.15) is 5.10 Å². The van der Waals surface area contributed by atoms with E-state index in [0.717, 1.165) is 29.4 Å². The minimum atomic E-state index is -0.333. The third-order valence-corrected chi connectivity index (χ3v) is 2.70. The van der Waals surface area contributed by atoms with Crippen molar-refractivity contribution in [1.82, 2.24) is 10.2 Å². The number of hydrogen-bond donors (Lipinski definition) is 2. The van der Waals surface area contributed by atoms with Crippen molar-refractivity contribution in [1.29, 1.82) is 0 Å². The molecule has 0 aliphatic carbocycles. The molecule has 0 spiro atoms. The molecule has 1 aromatic carbocycles. The first-order valence-electron chi connectivity index (χ1n) is 5.93. The molecule has 2 rings (SSSR count). The summed E-state index contributed by atoms with van der Waals surface area (Å²) in [6, 6.07) is 7.94. The second-order valence-electron chi connectivity index (χ2n) is 4.10. The maximum absolute atomic E-state index is 9.67. The molecule has 2 N–H and O–H groups in total. The lowest BCUT2D eigenvalue weighted by Crippen LogP contribution is -2.19. The quantitative estimate of drug-likeness (QED) is 0.828. The van der Waals surface area contributed by atoms with Gasteiger partial charge in [-0.3, -0.25) is 0 Å². The Bertz CT molecular complexity index is 482. The number of anilines is 1. The van der Waals surface area contributed by atoms with E-state index in [1.165, 1.54) is 0 Å². The van der Waals surface area contributed by atoms with Crippen LogP contribution in [0.5, 0.6) is 0 Å². The van der Waals surface area contributed by atoms with Gasteiger partial charge in [-0.1, -0.05) is 37.6 Å². The molecule has 0 bridgehead atoms. The first-order valence-corrected chi connectivity index (χ1v) is 5.93. The summed E-state index contributed by atoms with van der Waals surface area (Å²) in [5, 5.41) is 22.9. The van der Waals surface area contributed by atoms with Crippen LogP contribution in [0.25, 0.3) is 10.8 Å². The summed E-state index contributed by atoms with van der Waals surface area (Å²) < 4.78 is 0. The van der Waals surface area contributed by atoms with Gasteiger partial charge >= 0.3 is 0 Å². The first kappa shape index (κ1) is 11.8. The molecule has 0 aliphatic heterocycles. The van der Waals surface area contributed by atoms with Crippen LogP contribution in [0.2, 0.25) is 0 Å². The summed E-state index contributed by atoms with van der Waals surface area (Å²) in [6.07, 6.45) is 3.18. The van der Waals surface area contributed by atoms with Crippen LogP contribution >= 0.6 is 0 Å². The number of nitrogens with one attached hydrogen (secondary N) is 1.